The second-order valence-corrected chi connectivity index (χ2v) is 5.71. The predicted octanol–water partition coefficient (Wildman–Crippen LogP) is 2.45. The minimum absolute atomic E-state index is 0. The molecule has 0 atom stereocenters. The Balaban J connectivity index is 0.00000364. The van der Waals surface area contributed by atoms with Crippen molar-refractivity contribution in [1.29, 1.82) is 0 Å². The van der Waals surface area contributed by atoms with Gasteiger partial charge in [0.1, 0.15) is 24.2 Å². The molecule has 0 bridgehead atoms. The van der Waals surface area contributed by atoms with Gasteiger partial charge in [0.25, 0.3) is 0 Å². The van der Waals surface area contributed by atoms with Gasteiger partial charge in [-0.15, -0.1) is 34.2 Å². The Morgan fingerprint density at radius 2 is 1.89 bits per heavy atom. The molecule has 0 spiro atoms. The third-order valence-electron chi connectivity index (χ3n) is 3.85. The number of nitrogens with one attached hydrogen (secondary N) is 2. The molecule has 27 heavy (non-hydrogen) atoms. The van der Waals surface area contributed by atoms with Gasteiger partial charge in [-0.2, -0.15) is 0 Å². The minimum Gasteiger partial charge on any atom is -0.497 e. The molecule has 1 aromatic heterocycles. The molecule has 0 aliphatic heterocycles. The van der Waals surface area contributed by atoms with E-state index in [0.717, 1.165) is 55.5 Å². The van der Waals surface area contributed by atoms with E-state index in [1.54, 1.807) is 26.9 Å². The quantitative estimate of drug-likeness (QED) is 0.231. The number of halogens is 1. The molecule has 2 aromatic rings. The summed E-state index contributed by atoms with van der Waals surface area (Å²) >= 11 is 0. The van der Waals surface area contributed by atoms with Crippen LogP contribution in [0.3, 0.4) is 0 Å². The summed E-state index contributed by atoms with van der Waals surface area (Å²) in [6.07, 6.45) is 5.56. The molecule has 0 aliphatic carbocycles. The third kappa shape index (κ3) is 8.02. The van der Waals surface area contributed by atoms with E-state index < -0.39 is 0 Å². The van der Waals surface area contributed by atoms with Crippen LogP contribution in [0.1, 0.15) is 25.3 Å². The van der Waals surface area contributed by atoms with E-state index in [-0.39, 0.29) is 24.0 Å². The van der Waals surface area contributed by atoms with E-state index in [4.69, 9.17) is 9.47 Å². The molecule has 0 radical (unpaired) electrons. The number of nitrogens with zero attached hydrogens (tertiary/aromatic N) is 4. The smallest absolute Gasteiger partial charge is 0.191 e. The topological polar surface area (TPSA) is 85.6 Å². The number of guanidine groups is 1. The van der Waals surface area contributed by atoms with Crippen LogP contribution in [0.4, 0.5) is 0 Å². The van der Waals surface area contributed by atoms with Crippen molar-refractivity contribution in [3.63, 3.8) is 0 Å². The third-order valence-corrected chi connectivity index (χ3v) is 3.85. The molecular formula is C18H29IN6O2. The van der Waals surface area contributed by atoms with Crippen LogP contribution in [0.15, 0.2) is 35.8 Å². The van der Waals surface area contributed by atoms with E-state index >= 15 is 0 Å². The molecule has 0 fully saturated rings. The molecule has 9 heteroatoms. The second kappa shape index (κ2) is 13.2. The predicted molar refractivity (Wildman–Crippen MR) is 117 cm³/mol. The maximum Gasteiger partial charge on any atom is 0.191 e. The van der Waals surface area contributed by atoms with Crippen molar-refractivity contribution in [2.45, 2.75) is 32.9 Å². The molecule has 2 N–H and O–H groups in total. The van der Waals surface area contributed by atoms with Gasteiger partial charge in [-0.3, -0.25) is 0 Å². The molecule has 150 valence electrons. The second-order valence-electron chi connectivity index (χ2n) is 5.71. The molecule has 0 unspecified atom stereocenters. The Hall–Kier alpha value is -2.04. The Labute approximate surface area is 177 Å². The zero-order chi connectivity index (χ0) is 18.6. The summed E-state index contributed by atoms with van der Waals surface area (Å²) in [4.78, 5) is 4.64. The molecule has 2 rings (SSSR count). The van der Waals surface area contributed by atoms with Crippen molar-refractivity contribution in [2.24, 2.45) is 4.99 Å². The lowest BCUT2D eigenvalue weighted by molar-refractivity contribution is 0.391. The van der Waals surface area contributed by atoms with Crippen LogP contribution in [0, 0.1) is 0 Å². The van der Waals surface area contributed by atoms with Gasteiger partial charge in [0.2, 0.25) is 0 Å². The number of unbranched alkanes of at least 4 members (excludes halogenated alkanes) is 1. The number of hydrogen-bond donors (Lipinski definition) is 2. The van der Waals surface area contributed by atoms with Crippen molar-refractivity contribution in [1.82, 2.24) is 25.4 Å². The molecule has 1 heterocycles. The van der Waals surface area contributed by atoms with Crippen LogP contribution in [-0.2, 0) is 13.1 Å². The first-order chi connectivity index (χ1) is 12.8. The summed E-state index contributed by atoms with van der Waals surface area (Å²) in [6, 6.07) is 5.76. The first kappa shape index (κ1) is 23.0. The van der Waals surface area contributed by atoms with Crippen LogP contribution in [0.5, 0.6) is 11.5 Å². The van der Waals surface area contributed by atoms with Gasteiger partial charge in [0.05, 0.1) is 20.8 Å². The van der Waals surface area contributed by atoms with E-state index in [9.17, 15) is 0 Å². The van der Waals surface area contributed by atoms with Crippen LogP contribution < -0.4 is 20.1 Å². The summed E-state index contributed by atoms with van der Waals surface area (Å²) < 4.78 is 12.6. The SMILES string of the molecule is CCNC(=NCc1ccc(OC)cc1OC)NCCCCn1cnnc1.I. The first-order valence-corrected chi connectivity index (χ1v) is 8.82. The van der Waals surface area contributed by atoms with Crippen molar-refractivity contribution in [3.8, 4) is 11.5 Å². The zero-order valence-corrected chi connectivity index (χ0v) is 18.5. The highest BCUT2D eigenvalue weighted by Gasteiger charge is 2.05. The van der Waals surface area contributed by atoms with Crippen LogP contribution >= 0.6 is 24.0 Å². The number of aromatic nitrogens is 3. The van der Waals surface area contributed by atoms with Crippen LogP contribution in [-0.4, -0.2) is 48.0 Å². The number of ether oxygens (including phenoxy) is 2. The molecule has 8 nitrogen and oxygen atoms in total. The average Bonchev–Trinajstić information content (AvgIpc) is 3.19. The minimum atomic E-state index is 0. The van der Waals surface area contributed by atoms with E-state index in [2.05, 4.69) is 32.7 Å². The Bertz CT molecular complexity index is 678. The highest BCUT2D eigenvalue weighted by atomic mass is 127. The number of aryl methyl sites for hydroxylation is 1. The molecule has 0 saturated carbocycles. The van der Waals surface area contributed by atoms with Gasteiger partial charge in [-0.05, 0) is 31.9 Å². The zero-order valence-electron chi connectivity index (χ0n) is 16.1. The molecule has 0 saturated heterocycles. The van der Waals surface area contributed by atoms with Gasteiger partial charge >= 0.3 is 0 Å². The normalized spacial score (nSPS) is 10.9. The summed E-state index contributed by atoms with van der Waals surface area (Å²) in [5.74, 6) is 2.35. The van der Waals surface area contributed by atoms with Gasteiger partial charge in [0.15, 0.2) is 5.96 Å². The Morgan fingerprint density at radius 1 is 1.11 bits per heavy atom. The van der Waals surface area contributed by atoms with Crippen LogP contribution in [0.2, 0.25) is 0 Å². The first-order valence-electron chi connectivity index (χ1n) is 8.82. The van der Waals surface area contributed by atoms with Crippen LogP contribution in [0.25, 0.3) is 0 Å². The van der Waals surface area contributed by atoms with Crippen molar-refractivity contribution < 1.29 is 9.47 Å². The average molecular weight is 488 g/mol. The highest BCUT2D eigenvalue weighted by molar-refractivity contribution is 14.0. The number of benzene rings is 1. The summed E-state index contributed by atoms with van der Waals surface area (Å²) in [5, 5.41) is 14.2. The van der Waals surface area contributed by atoms with E-state index in [1.807, 2.05) is 22.8 Å². The number of aliphatic imine (C=N–C) groups is 1. The lowest BCUT2D eigenvalue weighted by Gasteiger charge is -2.13. The number of methoxy groups -OCH3 is 2. The lowest BCUT2D eigenvalue weighted by Crippen LogP contribution is -2.37. The molecule has 0 amide bonds. The lowest BCUT2D eigenvalue weighted by atomic mass is 10.2. The fourth-order valence-electron chi connectivity index (χ4n) is 2.45. The number of hydrogen-bond acceptors (Lipinski definition) is 5. The largest absolute Gasteiger partial charge is 0.497 e. The van der Waals surface area contributed by atoms with Crippen molar-refractivity contribution in [3.05, 3.63) is 36.4 Å². The number of rotatable bonds is 10. The van der Waals surface area contributed by atoms with Gasteiger partial charge in [0, 0.05) is 31.3 Å². The summed E-state index contributed by atoms with van der Waals surface area (Å²) in [5.41, 5.74) is 1.01. The van der Waals surface area contributed by atoms with Gasteiger partial charge < -0.3 is 24.7 Å². The fraction of sp³-hybridized carbons (Fsp3) is 0.500. The Morgan fingerprint density at radius 3 is 2.56 bits per heavy atom. The van der Waals surface area contributed by atoms with E-state index in [1.165, 1.54) is 0 Å². The summed E-state index contributed by atoms with van der Waals surface area (Å²) in [7, 11) is 3.30. The Kier molecular flexibility index (Phi) is 11.2. The van der Waals surface area contributed by atoms with Gasteiger partial charge in [-0.1, -0.05) is 0 Å². The molecular weight excluding hydrogens is 459 g/mol. The van der Waals surface area contributed by atoms with Crippen molar-refractivity contribution in [2.75, 3.05) is 27.3 Å². The maximum absolute atomic E-state index is 5.43. The fourth-order valence-corrected chi connectivity index (χ4v) is 2.45. The highest BCUT2D eigenvalue weighted by Crippen LogP contribution is 2.25. The van der Waals surface area contributed by atoms with Gasteiger partial charge in [-0.25, -0.2) is 4.99 Å². The monoisotopic (exact) mass is 488 g/mol. The molecule has 1 aromatic carbocycles. The molecule has 0 aliphatic rings. The standard InChI is InChI=1S/C18H28N6O2.HI/c1-4-19-18(20-9-5-6-10-24-13-22-23-14-24)21-12-15-7-8-16(25-2)11-17(15)26-3;/h7-8,11,13-14H,4-6,9-10,12H2,1-3H3,(H2,19,20,21);1H. The maximum atomic E-state index is 5.43. The van der Waals surface area contributed by atoms with Crippen molar-refractivity contribution >= 4 is 29.9 Å². The summed E-state index contributed by atoms with van der Waals surface area (Å²) in [6.45, 7) is 5.17. The van der Waals surface area contributed by atoms with E-state index in [0.29, 0.717) is 6.54 Å².